The molecule has 2 aromatic carbocycles. The number of fused-ring (bicyclic) bond motifs is 3. The number of nitrogens with two attached hydrogens (primary N) is 1. The Kier molecular flexibility index (Phi) is 3.65. The van der Waals surface area contributed by atoms with Gasteiger partial charge in [-0.3, -0.25) is 19.6 Å². The normalized spacial score (nSPS) is 11.0. The minimum atomic E-state index is -0.637. The lowest BCUT2D eigenvalue weighted by Gasteiger charge is -2.06. The molecule has 0 radical (unpaired) electrons. The maximum Gasteiger partial charge on any atom is 0.322 e. The van der Waals surface area contributed by atoms with Gasteiger partial charge in [0.2, 0.25) is 0 Å². The first kappa shape index (κ1) is 16.4. The third kappa shape index (κ3) is 2.78. The van der Waals surface area contributed by atoms with Gasteiger partial charge in [-0.05, 0) is 12.1 Å². The average Bonchev–Trinajstić information content (AvgIpc) is 2.99. The highest BCUT2D eigenvalue weighted by molar-refractivity contribution is 6.11. The SMILES string of the molecule is Cn1nc(C(N)=O)c2ccc3cnc(Oc4cccc([N+](=O)[O-])c4)nc3c21. The molecule has 0 fully saturated rings. The molecule has 0 bridgehead atoms. The molecule has 4 rings (SSSR count). The number of ether oxygens (including phenoxy) is 1. The lowest BCUT2D eigenvalue weighted by Crippen LogP contribution is -2.12. The summed E-state index contributed by atoms with van der Waals surface area (Å²) in [6.45, 7) is 0. The molecular weight excluding hydrogens is 352 g/mol. The number of aromatic nitrogens is 4. The van der Waals surface area contributed by atoms with Gasteiger partial charge in [0.05, 0.1) is 16.5 Å². The van der Waals surface area contributed by atoms with Crippen LogP contribution in [0.25, 0.3) is 21.8 Å². The fourth-order valence-electron chi connectivity index (χ4n) is 2.84. The highest BCUT2D eigenvalue weighted by atomic mass is 16.6. The van der Waals surface area contributed by atoms with Crippen molar-refractivity contribution in [3.63, 3.8) is 0 Å². The summed E-state index contributed by atoms with van der Waals surface area (Å²) < 4.78 is 7.09. The number of rotatable bonds is 4. The second kappa shape index (κ2) is 6.02. The van der Waals surface area contributed by atoms with Crippen molar-refractivity contribution in [2.75, 3.05) is 0 Å². The standard InChI is InChI=1S/C17H12N6O4/c1-22-15-12(14(21-22)16(18)24)6-5-9-8-19-17(20-13(9)15)27-11-4-2-3-10(7-11)23(25)26/h2-8H,1H3,(H2,18,24). The van der Waals surface area contributed by atoms with E-state index in [4.69, 9.17) is 10.5 Å². The Bertz CT molecular complexity index is 1230. The summed E-state index contributed by atoms with van der Waals surface area (Å²) in [5, 5.41) is 16.3. The third-order valence-electron chi connectivity index (χ3n) is 4.00. The van der Waals surface area contributed by atoms with Crippen molar-refractivity contribution in [2.45, 2.75) is 0 Å². The molecule has 0 spiro atoms. The molecule has 0 unspecified atom stereocenters. The highest BCUT2D eigenvalue weighted by Gasteiger charge is 2.17. The largest absolute Gasteiger partial charge is 0.424 e. The number of benzene rings is 2. The van der Waals surface area contributed by atoms with Gasteiger partial charge in [0.1, 0.15) is 11.3 Å². The second-order valence-electron chi connectivity index (χ2n) is 5.75. The number of primary amides is 1. The summed E-state index contributed by atoms with van der Waals surface area (Å²) in [6.07, 6.45) is 1.56. The van der Waals surface area contributed by atoms with E-state index in [1.165, 1.54) is 22.9 Å². The fraction of sp³-hybridized carbons (Fsp3) is 0.0588. The van der Waals surface area contributed by atoms with E-state index in [-0.39, 0.29) is 23.1 Å². The number of hydrogen-bond donors (Lipinski definition) is 1. The number of nitrogens with zero attached hydrogens (tertiary/aromatic N) is 5. The van der Waals surface area contributed by atoms with Crippen LogP contribution in [0.1, 0.15) is 10.5 Å². The topological polar surface area (TPSA) is 139 Å². The molecule has 0 saturated heterocycles. The minimum Gasteiger partial charge on any atom is -0.424 e. The van der Waals surface area contributed by atoms with E-state index in [2.05, 4.69) is 15.1 Å². The van der Waals surface area contributed by atoms with Crippen LogP contribution in [0.2, 0.25) is 0 Å². The zero-order valence-corrected chi connectivity index (χ0v) is 14.0. The van der Waals surface area contributed by atoms with Crippen LogP contribution in [0.5, 0.6) is 11.8 Å². The molecule has 2 N–H and O–H groups in total. The Labute approximate surface area is 151 Å². The minimum absolute atomic E-state index is 0.0114. The molecule has 2 aromatic heterocycles. The predicted molar refractivity (Wildman–Crippen MR) is 95.5 cm³/mol. The van der Waals surface area contributed by atoms with E-state index in [1.54, 1.807) is 31.4 Å². The van der Waals surface area contributed by atoms with Crippen molar-refractivity contribution in [3.8, 4) is 11.8 Å². The number of hydrogen-bond acceptors (Lipinski definition) is 7. The number of amides is 1. The van der Waals surface area contributed by atoms with Gasteiger partial charge >= 0.3 is 6.01 Å². The highest BCUT2D eigenvalue weighted by Crippen LogP contribution is 2.28. The predicted octanol–water partition coefficient (Wildman–Crippen LogP) is 2.32. The first-order valence-corrected chi connectivity index (χ1v) is 7.78. The maximum atomic E-state index is 11.6. The molecule has 0 aliphatic heterocycles. The van der Waals surface area contributed by atoms with Crippen LogP contribution in [0.15, 0.2) is 42.6 Å². The van der Waals surface area contributed by atoms with Crippen molar-refractivity contribution in [2.24, 2.45) is 12.8 Å². The molecular formula is C17H12N6O4. The van der Waals surface area contributed by atoms with Crippen LogP contribution in [-0.2, 0) is 7.05 Å². The van der Waals surface area contributed by atoms with Gasteiger partial charge in [-0.15, -0.1) is 0 Å². The van der Waals surface area contributed by atoms with Gasteiger partial charge in [0.15, 0.2) is 5.69 Å². The number of carbonyl (C=O) groups is 1. The molecule has 0 atom stereocenters. The van der Waals surface area contributed by atoms with Crippen molar-refractivity contribution in [3.05, 3.63) is 58.4 Å². The summed E-state index contributed by atoms with van der Waals surface area (Å²) in [5.74, 6) is -0.402. The summed E-state index contributed by atoms with van der Waals surface area (Å²) in [5.41, 5.74) is 6.55. The van der Waals surface area contributed by atoms with E-state index in [0.717, 1.165) is 0 Å². The van der Waals surface area contributed by atoms with Crippen LogP contribution in [-0.4, -0.2) is 30.6 Å². The van der Waals surface area contributed by atoms with E-state index < -0.39 is 10.8 Å². The molecule has 0 aliphatic rings. The van der Waals surface area contributed by atoms with Crippen molar-refractivity contribution in [1.82, 2.24) is 19.7 Å². The van der Waals surface area contributed by atoms with Gasteiger partial charge in [0, 0.05) is 30.1 Å². The molecule has 10 heteroatoms. The number of carbonyl (C=O) groups excluding carboxylic acids is 1. The summed E-state index contributed by atoms with van der Waals surface area (Å²) in [6, 6.07) is 9.21. The van der Waals surface area contributed by atoms with Crippen LogP contribution in [0, 0.1) is 10.1 Å². The van der Waals surface area contributed by atoms with E-state index in [9.17, 15) is 14.9 Å². The molecule has 0 saturated carbocycles. The van der Waals surface area contributed by atoms with Crippen molar-refractivity contribution >= 4 is 33.4 Å². The van der Waals surface area contributed by atoms with Gasteiger partial charge < -0.3 is 10.5 Å². The van der Waals surface area contributed by atoms with Gasteiger partial charge in [-0.25, -0.2) is 4.98 Å². The Morgan fingerprint density at radius 1 is 1.30 bits per heavy atom. The Balaban J connectivity index is 1.84. The summed E-state index contributed by atoms with van der Waals surface area (Å²) >= 11 is 0. The van der Waals surface area contributed by atoms with Crippen LogP contribution < -0.4 is 10.5 Å². The van der Waals surface area contributed by atoms with Crippen LogP contribution >= 0.6 is 0 Å². The fourth-order valence-corrected chi connectivity index (χ4v) is 2.84. The smallest absolute Gasteiger partial charge is 0.322 e. The van der Waals surface area contributed by atoms with E-state index in [0.29, 0.717) is 21.8 Å². The third-order valence-corrected chi connectivity index (χ3v) is 4.00. The van der Waals surface area contributed by atoms with E-state index in [1.807, 2.05) is 0 Å². The number of non-ortho nitro benzene ring substituents is 1. The van der Waals surface area contributed by atoms with Gasteiger partial charge in [-0.1, -0.05) is 12.1 Å². The van der Waals surface area contributed by atoms with E-state index >= 15 is 0 Å². The lowest BCUT2D eigenvalue weighted by molar-refractivity contribution is -0.384. The molecule has 2 heterocycles. The molecule has 27 heavy (non-hydrogen) atoms. The second-order valence-corrected chi connectivity index (χ2v) is 5.75. The van der Waals surface area contributed by atoms with Gasteiger partial charge in [0.25, 0.3) is 11.6 Å². The molecule has 4 aromatic rings. The number of nitro benzene ring substituents is 1. The zero-order chi connectivity index (χ0) is 19.1. The van der Waals surface area contributed by atoms with Crippen molar-refractivity contribution in [1.29, 1.82) is 0 Å². The van der Waals surface area contributed by atoms with Crippen LogP contribution in [0.4, 0.5) is 5.69 Å². The first-order chi connectivity index (χ1) is 12.9. The van der Waals surface area contributed by atoms with Gasteiger partial charge in [-0.2, -0.15) is 10.1 Å². The lowest BCUT2D eigenvalue weighted by atomic mass is 10.1. The molecule has 10 nitrogen and oxygen atoms in total. The average molecular weight is 364 g/mol. The maximum absolute atomic E-state index is 11.6. The molecule has 1 amide bonds. The molecule has 134 valence electrons. The molecule has 0 aliphatic carbocycles. The summed E-state index contributed by atoms with van der Waals surface area (Å²) in [7, 11) is 1.68. The quantitative estimate of drug-likeness (QED) is 0.433. The van der Waals surface area contributed by atoms with Crippen LogP contribution in [0.3, 0.4) is 0 Å². The first-order valence-electron chi connectivity index (χ1n) is 7.78. The van der Waals surface area contributed by atoms with Crippen molar-refractivity contribution < 1.29 is 14.5 Å². The Morgan fingerprint density at radius 3 is 2.85 bits per heavy atom. The monoisotopic (exact) mass is 364 g/mol. The summed E-state index contributed by atoms with van der Waals surface area (Å²) in [4.78, 5) is 30.5. The Hall–Kier alpha value is -4.08. The zero-order valence-electron chi connectivity index (χ0n) is 14.0. The Morgan fingerprint density at radius 2 is 2.11 bits per heavy atom. The number of nitro groups is 1. The number of aryl methyl sites for hydroxylation is 1.